The van der Waals surface area contributed by atoms with E-state index in [0.29, 0.717) is 23.7 Å². The van der Waals surface area contributed by atoms with Gasteiger partial charge in [0.15, 0.2) is 0 Å². The first-order valence-electron chi connectivity index (χ1n) is 6.70. The second kappa shape index (κ2) is 6.41. The Morgan fingerprint density at radius 1 is 1.32 bits per heavy atom. The molecule has 19 heavy (non-hydrogen) atoms. The summed E-state index contributed by atoms with van der Waals surface area (Å²) in [7, 11) is 0. The zero-order valence-electron chi connectivity index (χ0n) is 10.7. The molecule has 1 aromatic carbocycles. The molecule has 1 fully saturated rings. The molecule has 1 aromatic rings. The maximum absolute atomic E-state index is 13.4. The van der Waals surface area contributed by atoms with Crippen LogP contribution in [0.2, 0.25) is 5.02 Å². The summed E-state index contributed by atoms with van der Waals surface area (Å²) in [4.78, 5) is 0. The fourth-order valence-electron chi connectivity index (χ4n) is 2.96. The number of hydrogen-bond acceptors (Lipinski definition) is 0. The maximum Gasteiger partial charge on any atom is 0.248 e. The zero-order valence-corrected chi connectivity index (χ0v) is 12.2. The summed E-state index contributed by atoms with van der Waals surface area (Å²) in [5, 5.41) is 0.677. The lowest BCUT2D eigenvalue weighted by molar-refractivity contribution is -0.0541. The van der Waals surface area contributed by atoms with Gasteiger partial charge in [-0.1, -0.05) is 29.8 Å². The Kier molecular flexibility index (Phi) is 5.08. The van der Waals surface area contributed by atoms with Crippen LogP contribution in [0.1, 0.15) is 43.6 Å². The molecule has 0 spiro atoms. The van der Waals surface area contributed by atoms with Crippen LogP contribution >= 0.6 is 23.2 Å². The molecule has 0 radical (unpaired) electrons. The average Bonchev–Trinajstić information content (AvgIpc) is 2.36. The molecule has 1 saturated carbocycles. The third-order valence-electron chi connectivity index (χ3n) is 3.89. The Morgan fingerprint density at radius 2 is 2.05 bits per heavy atom. The van der Waals surface area contributed by atoms with Gasteiger partial charge in [-0.2, -0.15) is 0 Å². The van der Waals surface area contributed by atoms with E-state index in [1.165, 1.54) is 0 Å². The van der Waals surface area contributed by atoms with E-state index < -0.39 is 5.92 Å². The van der Waals surface area contributed by atoms with Crippen LogP contribution in [0.15, 0.2) is 24.3 Å². The predicted octanol–water partition coefficient (Wildman–Crippen LogP) is 5.88. The third-order valence-corrected chi connectivity index (χ3v) is 4.61. The molecule has 106 valence electrons. The van der Waals surface area contributed by atoms with Gasteiger partial charge in [-0.15, -0.1) is 11.6 Å². The minimum atomic E-state index is -2.50. The van der Waals surface area contributed by atoms with Crippen LogP contribution in [0.3, 0.4) is 0 Å². The van der Waals surface area contributed by atoms with E-state index in [9.17, 15) is 8.78 Å². The number of alkyl halides is 3. The van der Waals surface area contributed by atoms with Crippen LogP contribution in [0, 0.1) is 5.92 Å². The number of hydrogen-bond donors (Lipinski definition) is 0. The summed E-state index contributed by atoms with van der Waals surface area (Å²) in [6.45, 7) is 0. The van der Waals surface area contributed by atoms with Crippen LogP contribution in [0.25, 0.3) is 0 Å². The van der Waals surface area contributed by atoms with Gasteiger partial charge in [0.2, 0.25) is 5.92 Å². The normalized spacial score (nSPS) is 24.1. The highest BCUT2D eigenvalue weighted by molar-refractivity contribution is 6.31. The van der Waals surface area contributed by atoms with Crippen molar-refractivity contribution < 1.29 is 8.78 Å². The van der Waals surface area contributed by atoms with Crippen molar-refractivity contribution in [1.82, 2.24) is 0 Å². The molecule has 2 unspecified atom stereocenters. The van der Waals surface area contributed by atoms with Crippen molar-refractivity contribution in [3.05, 3.63) is 34.9 Å². The summed E-state index contributed by atoms with van der Waals surface area (Å²) in [5.41, 5.74) is 0.980. The van der Waals surface area contributed by atoms with E-state index in [1.807, 2.05) is 24.3 Å². The quantitative estimate of drug-likeness (QED) is 0.609. The van der Waals surface area contributed by atoms with Gasteiger partial charge >= 0.3 is 0 Å². The second-order valence-corrected chi connectivity index (χ2v) is 6.14. The lowest BCUT2D eigenvalue weighted by Gasteiger charge is -2.31. The Labute approximate surface area is 123 Å². The lowest BCUT2D eigenvalue weighted by Crippen LogP contribution is -2.27. The number of rotatable bonds is 4. The van der Waals surface area contributed by atoms with Crippen LogP contribution in [-0.2, 0) is 0 Å². The number of halogens is 4. The molecule has 0 nitrogen and oxygen atoms in total. The van der Waals surface area contributed by atoms with Gasteiger partial charge in [-0.05, 0) is 42.7 Å². The Morgan fingerprint density at radius 3 is 2.68 bits per heavy atom. The Balaban J connectivity index is 2.05. The summed E-state index contributed by atoms with van der Waals surface area (Å²) >= 11 is 12.2. The van der Waals surface area contributed by atoms with E-state index in [1.54, 1.807) is 0 Å². The first kappa shape index (κ1) is 15.1. The smallest absolute Gasteiger partial charge is 0.207 e. The van der Waals surface area contributed by atoms with Crippen molar-refractivity contribution in [3.8, 4) is 0 Å². The van der Waals surface area contributed by atoms with Crippen LogP contribution in [-0.4, -0.2) is 11.8 Å². The molecule has 0 saturated heterocycles. The van der Waals surface area contributed by atoms with Crippen molar-refractivity contribution in [3.63, 3.8) is 0 Å². The summed E-state index contributed by atoms with van der Waals surface area (Å²) in [5.74, 6) is -1.97. The highest BCUT2D eigenvalue weighted by atomic mass is 35.5. The van der Waals surface area contributed by atoms with Gasteiger partial charge in [0.25, 0.3) is 0 Å². The maximum atomic E-state index is 13.4. The van der Waals surface area contributed by atoms with Gasteiger partial charge in [0.05, 0.1) is 0 Å². The van der Waals surface area contributed by atoms with Crippen molar-refractivity contribution >= 4 is 23.2 Å². The van der Waals surface area contributed by atoms with Crippen LogP contribution < -0.4 is 0 Å². The van der Waals surface area contributed by atoms with E-state index >= 15 is 0 Å². The van der Waals surface area contributed by atoms with Gasteiger partial charge < -0.3 is 0 Å². The summed E-state index contributed by atoms with van der Waals surface area (Å²) in [6.07, 6.45) is 2.19. The van der Waals surface area contributed by atoms with E-state index in [4.69, 9.17) is 23.2 Å². The van der Waals surface area contributed by atoms with E-state index in [0.717, 1.165) is 12.0 Å². The molecule has 2 rings (SSSR count). The SMILES string of the molecule is FC1(F)CCCC(CC(CCl)c2ccccc2Cl)C1. The number of benzene rings is 1. The molecular weight excluding hydrogens is 289 g/mol. The van der Waals surface area contributed by atoms with Crippen molar-refractivity contribution in [2.45, 2.75) is 43.9 Å². The molecule has 0 bridgehead atoms. The molecule has 0 amide bonds. The van der Waals surface area contributed by atoms with Gasteiger partial charge in [0.1, 0.15) is 0 Å². The molecule has 0 N–H and O–H groups in total. The fraction of sp³-hybridized carbons (Fsp3) is 0.600. The van der Waals surface area contributed by atoms with E-state index in [-0.39, 0.29) is 24.7 Å². The Hall–Kier alpha value is -0.340. The molecule has 1 aliphatic carbocycles. The molecule has 0 aliphatic heterocycles. The van der Waals surface area contributed by atoms with Crippen molar-refractivity contribution in [1.29, 1.82) is 0 Å². The highest BCUT2D eigenvalue weighted by Crippen LogP contribution is 2.41. The van der Waals surface area contributed by atoms with Crippen molar-refractivity contribution in [2.75, 3.05) is 5.88 Å². The molecule has 1 aliphatic rings. The average molecular weight is 307 g/mol. The van der Waals surface area contributed by atoms with Gasteiger partial charge in [-0.25, -0.2) is 8.78 Å². The lowest BCUT2D eigenvalue weighted by atomic mass is 9.79. The van der Waals surface area contributed by atoms with Gasteiger partial charge in [0, 0.05) is 23.7 Å². The highest BCUT2D eigenvalue weighted by Gasteiger charge is 2.37. The minimum Gasteiger partial charge on any atom is -0.207 e. The van der Waals surface area contributed by atoms with Crippen molar-refractivity contribution in [2.24, 2.45) is 5.92 Å². The summed E-state index contributed by atoms with van der Waals surface area (Å²) in [6, 6.07) is 7.55. The monoisotopic (exact) mass is 306 g/mol. The fourth-order valence-corrected chi connectivity index (χ4v) is 3.54. The van der Waals surface area contributed by atoms with Crippen LogP contribution in [0.5, 0.6) is 0 Å². The second-order valence-electron chi connectivity index (χ2n) is 5.43. The van der Waals surface area contributed by atoms with Gasteiger partial charge in [-0.3, -0.25) is 0 Å². The topological polar surface area (TPSA) is 0 Å². The first-order chi connectivity index (χ1) is 9.02. The standard InChI is InChI=1S/C15H18Cl2F2/c16-10-12(13-5-1-2-6-14(13)17)8-11-4-3-7-15(18,19)9-11/h1-2,5-6,11-12H,3-4,7-10H2. The van der Waals surface area contributed by atoms with E-state index in [2.05, 4.69) is 0 Å². The Bertz CT molecular complexity index is 420. The zero-order chi connectivity index (χ0) is 13.9. The summed E-state index contributed by atoms with van der Waals surface area (Å²) < 4.78 is 26.9. The largest absolute Gasteiger partial charge is 0.248 e. The molecule has 4 heteroatoms. The molecular formula is C15H18Cl2F2. The van der Waals surface area contributed by atoms with Crippen LogP contribution in [0.4, 0.5) is 8.78 Å². The molecule has 2 atom stereocenters. The first-order valence-corrected chi connectivity index (χ1v) is 7.61. The molecule has 0 heterocycles. The minimum absolute atomic E-state index is 0.00909. The predicted molar refractivity (Wildman–Crippen MR) is 76.4 cm³/mol. The molecule has 0 aromatic heterocycles. The third kappa shape index (κ3) is 4.06.